The van der Waals surface area contributed by atoms with E-state index in [2.05, 4.69) is 4.98 Å². The summed E-state index contributed by atoms with van der Waals surface area (Å²) >= 11 is 7.33. The van der Waals surface area contributed by atoms with Crippen LogP contribution in [0.1, 0.15) is 15.4 Å². The number of nitrogens with zero attached hydrogens (tertiary/aromatic N) is 1. The zero-order valence-electron chi connectivity index (χ0n) is 9.05. The van der Waals surface area contributed by atoms with Crippen LogP contribution >= 0.6 is 22.9 Å². The zero-order chi connectivity index (χ0) is 11.7. The number of thiazole rings is 1. The van der Waals surface area contributed by atoms with Crippen LogP contribution < -0.4 is 0 Å². The molecule has 1 nitrogen and oxygen atoms in total. The second kappa shape index (κ2) is 4.52. The fourth-order valence-corrected chi connectivity index (χ4v) is 2.60. The van der Waals surface area contributed by atoms with Crippen molar-refractivity contribution in [2.75, 3.05) is 0 Å². The summed E-state index contributed by atoms with van der Waals surface area (Å²) < 4.78 is 13.1. The Bertz CT molecular complexity index is 522. The predicted molar refractivity (Wildman–Crippen MR) is 66.5 cm³/mol. The Labute approximate surface area is 103 Å². The Balaban J connectivity index is 2.49. The molecule has 0 unspecified atom stereocenters. The van der Waals surface area contributed by atoms with Gasteiger partial charge in [0, 0.05) is 10.4 Å². The van der Waals surface area contributed by atoms with E-state index in [1.807, 2.05) is 13.0 Å². The Kier molecular flexibility index (Phi) is 3.26. The second-order valence-electron chi connectivity index (χ2n) is 3.61. The number of aromatic nitrogens is 1. The molecule has 4 heteroatoms. The number of halogens is 2. The smallest absolute Gasteiger partial charge is 0.126 e. The van der Waals surface area contributed by atoms with Crippen molar-refractivity contribution in [1.29, 1.82) is 0 Å². The van der Waals surface area contributed by atoms with Crippen LogP contribution in [-0.2, 0) is 5.88 Å². The lowest BCUT2D eigenvalue weighted by molar-refractivity contribution is 0.619. The molecule has 0 aliphatic rings. The van der Waals surface area contributed by atoms with Crippen LogP contribution in [0.4, 0.5) is 4.39 Å². The Morgan fingerprint density at radius 3 is 2.69 bits per heavy atom. The minimum atomic E-state index is -0.186. The minimum Gasteiger partial charge on any atom is -0.240 e. The number of hydrogen-bond acceptors (Lipinski definition) is 2. The van der Waals surface area contributed by atoms with Gasteiger partial charge in [0.1, 0.15) is 10.8 Å². The van der Waals surface area contributed by atoms with E-state index in [0.717, 1.165) is 21.1 Å². The van der Waals surface area contributed by atoms with Crippen molar-refractivity contribution >= 4 is 22.9 Å². The van der Waals surface area contributed by atoms with E-state index in [0.29, 0.717) is 11.4 Å². The molecule has 0 bridgehead atoms. The molecule has 0 radical (unpaired) electrons. The molecule has 0 aliphatic carbocycles. The van der Waals surface area contributed by atoms with Crippen molar-refractivity contribution in [3.63, 3.8) is 0 Å². The third-order valence-corrected chi connectivity index (χ3v) is 3.77. The first kappa shape index (κ1) is 11.6. The summed E-state index contributed by atoms with van der Waals surface area (Å²) in [7, 11) is 0. The normalized spacial score (nSPS) is 10.8. The molecule has 2 aromatic rings. The fraction of sp³-hybridized carbons (Fsp3) is 0.250. The minimum absolute atomic E-state index is 0.186. The summed E-state index contributed by atoms with van der Waals surface area (Å²) in [5.74, 6) is 0.236. The molecule has 0 amide bonds. The van der Waals surface area contributed by atoms with Crippen LogP contribution in [-0.4, -0.2) is 4.98 Å². The summed E-state index contributed by atoms with van der Waals surface area (Å²) in [6, 6.07) is 5.04. The first-order chi connectivity index (χ1) is 7.61. The van der Waals surface area contributed by atoms with Crippen LogP contribution in [0.3, 0.4) is 0 Å². The van der Waals surface area contributed by atoms with Gasteiger partial charge in [0.15, 0.2) is 0 Å². The van der Waals surface area contributed by atoms with Gasteiger partial charge in [0.25, 0.3) is 0 Å². The molecule has 1 aromatic heterocycles. The van der Waals surface area contributed by atoms with Gasteiger partial charge >= 0.3 is 0 Å². The van der Waals surface area contributed by atoms with Gasteiger partial charge in [-0.2, -0.15) is 0 Å². The highest BCUT2D eigenvalue weighted by Crippen LogP contribution is 2.29. The molecule has 0 saturated heterocycles. The van der Waals surface area contributed by atoms with E-state index in [-0.39, 0.29) is 5.82 Å². The van der Waals surface area contributed by atoms with Gasteiger partial charge in [-0.25, -0.2) is 9.37 Å². The number of hydrogen-bond donors (Lipinski definition) is 0. The summed E-state index contributed by atoms with van der Waals surface area (Å²) in [6.07, 6.45) is 0. The maximum Gasteiger partial charge on any atom is 0.126 e. The van der Waals surface area contributed by atoms with Crippen LogP contribution in [0.5, 0.6) is 0 Å². The Morgan fingerprint density at radius 1 is 1.38 bits per heavy atom. The van der Waals surface area contributed by atoms with Gasteiger partial charge in [-0.05, 0) is 37.6 Å². The monoisotopic (exact) mass is 255 g/mol. The third-order valence-electron chi connectivity index (χ3n) is 2.39. The van der Waals surface area contributed by atoms with E-state index in [9.17, 15) is 4.39 Å². The summed E-state index contributed by atoms with van der Waals surface area (Å²) in [5.41, 5.74) is 2.49. The lowest BCUT2D eigenvalue weighted by atomic mass is 10.1. The molecule has 1 aromatic carbocycles. The van der Waals surface area contributed by atoms with Gasteiger partial charge in [-0.15, -0.1) is 22.9 Å². The highest BCUT2D eigenvalue weighted by molar-refractivity contribution is 7.12. The van der Waals surface area contributed by atoms with Gasteiger partial charge in [-0.1, -0.05) is 0 Å². The molecule has 1 heterocycles. The molecule has 0 aliphatic heterocycles. The van der Waals surface area contributed by atoms with E-state index < -0.39 is 0 Å². The molecular formula is C12H11ClFNS. The van der Waals surface area contributed by atoms with Gasteiger partial charge in [0.05, 0.1) is 11.6 Å². The molecule has 0 N–H and O–H groups in total. The van der Waals surface area contributed by atoms with E-state index in [1.54, 1.807) is 24.3 Å². The second-order valence-corrected chi connectivity index (χ2v) is 5.16. The quantitative estimate of drug-likeness (QED) is 0.729. The van der Waals surface area contributed by atoms with Gasteiger partial charge in [-0.3, -0.25) is 0 Å². The van der Waals surface area contributed by atoms with Crippen LogP contribution in [0.25, 0.3) is 11.3 Å². The molecule has 84 valence electrons. The van der Waals surface area contributed by atoms with E-state index in [4.69, 9.17) is 11.6 Å². The third kappa shape index (κ3) is 2.11. The number of aryl methyl sites for hydroxylation is 2. The van der Waals surface area contributed by atoms with Crippen LogP contribution in [0, 0.1) is 19.7 Å². The first-order valence-electron chi connectivity index (χ1n) is 4.90. The molecule has 0 fully saturated rings. The molecule has 2 rings (SSSR count). The number of rotatable bonds is 2. The van der Waals surface area contributed by atoms with Crippen molar-refractivity contribution in [3.05, 3.63) is 39.5 Å². The van der Waals surface area contributed by atoms with E-state index >= 15 is 0 Å². The van der Waals surface area contributed by atoms with Gasteiger partial charge < -0.3 is 0 Å². The summed E-state index contributed by atoms with van der Waals surface area (Å²) in [4.78, 5) is 5.55. The highest BCUT2D eigenvalue weighted by atomic mass is 35.5. The lowest BCUT2D eigenvalue weighted by Gasteiger charge is -2.01. The Morgan fingerprint density at radius 2 is 2.12 bits per heavy atom. The van der Waals surface area contributed by atoms with Crippen LogP contribution in [0.15, 0.2) is 18.2 Å². The summed E-state index contributed by atoms with van der Waals surface area (Å²) in [6.45, 7) is 3.75. The topological polar surface area (TPSA) is 12.9 Å². The number of alkyl halides is 1. The maximum absolute atomic E-state index is 13.1. The van der Waals surface area contributed by atoms with Crippen molar-refractivity contribution in [2.45, 2.75) is 19.7 Å². The van der Waals surface area contributed by atoms with E-state index in [1.165, 1.54) is 6.07 Å². The largest absolute Gasteiger partial charge is 0.240 e. The number of benzene rings is 1. The molecule has 16 heavy (non-hydrogen) atoms. The Hall–Kier alpha value is -0.930. The first-order valence-corrected chi connectivity index (χ1v) is 6.25. The molecule has 0 spiro atoms. The SMILES string of the molecule is Cc1cc(-c2nc(CCl)sc2C)ccc1F. The standard InChI is InChI=1S/C12H11ClFNS/c1-7-5-9(3-4-10(7)14)12-8(2)16-11(6-13)15-12/h3-5H,6H2,1-2H3. The highest BCUT2D eigenvalue weighted by Gasteiger charge is 2.10. The summed E-state index contributed by atoms with van der Waals surface area (Å²) in [5, 5.41) is 0.899. The molecule has 0 saturated carbocycles. The van der Waals surface area contributed by atoms with Crippen molar-refractivity contribution < 1.29 is 4.39 Å². The molecule has 0 atom stereocenters. The van der Waals surface area contributed by atoms with Gasteiger partial charge in [0.2, 0.25) is 0 Å². The average molecular weight is 256 g/mol. The van der Waals surface area contributed by atoms with Crippen LogP contribution in [0.2, 0.25) is 0 Å². The van der Waals surface area contributed by atoms with Crippen molar-refractivity contribution in [2.24, 2.45) is 0 Å². The van der Waals surface area contributed by atoms with Crippen molar-refractivity contribution in [1.82, 2.24) is 4.98 Å². The predicted octanol–water partition coefficient (Wildman–Crippen LogP) is 4.30. The average Bonchev–Trinajstić information content (AvgIpc) is 2.64. The van der Waals surface area contributed by atoms with Crippen molar-refractivity contribution in [3.8, 4) is 11.3 Å². The fourth-order valence-electron chi connectivity index (χ4n) is 1.57. The molecular weight excluding hydrogens is 245 g/mol. The maximum atomic E-state index is 13.1. The lowest BCUT2D eigenvalue weighted by Crippen LogP contribution is -1.86. The zero-order valence-corrected chi connectivity index (χ0v) is 10.6.